The maximum absolute atomic E-state index is 12.6. The number of carboxylic acid groups (broad SMARTS) is 1. The summed E-state index contributed by atoms with van der Waals surface area (Å²) in [6.07, 6.45) is 2.38. The van der Waals surface area contributed by atoms with Gasteiger partial charge in [-0.3, -0.25) is 9.36 Å². The molecule has 1 amide bonds. The first-order chi connectivity index (χ1) is 17.4. The predicted octanol–water partition coefficient (Wildman–Crippen LogP) is 6.15. The highest BCUT2D eigenvalue weighted by Crippen LogP contribution is 2.45. The first-order valence-corrected chi connectivity index (χ1v) is 13.2. The zero-order valence-corrected chi connectivity index (χ0v) is 22.2. The molecule has 184 valence electrons. The molecule has 0 unspecified atom stereocenters. The van der Waals surface area contributed by atoms with Gasteiger partial charge in [0.05, 0.1) is 34.8 Å². The number of fused-ring (bicyclic) bond motifs is 1. The zero-order chi connectivity index (χ0) is 25.4. The summed E-state index contributed by atoms with van der Waals surface area (Å²) < 4.78 is 7.86. The van der Waals surface area contributed by atoms with Crippen molar-refractivity contribution in [3.63, 3.8) is 0 Å². The highest BCUT2D eigenvalue weighted by Gasteiger charge is 2.27. The van der Waals surface area contributed by atoms with Gasteiger partial charge in [-0.1, -0.05) is 35.5 Å². The first kappa shape index (κ1) is 24.6. The summed E-state index contributed by atoms with van der Waals surface area (Å²) in [5.41, 5.74) is 2.57. The number of hydrogen-bond donors (Lipinski definition) is 2. The monoisotopic (exact) mass is 586 g/mol. The van der Waals surface area contributed by atoms with Crippen molar-refractivity contribution in [3.05, 3.63) is 69.4 Å². The second-order valence-electron chi connectivity index (χ2n) is 8.28. The summed E-state index contributed by atoms with van der Waals surface area (Å²) in [5.74, 6) is -0.0332. The van der Waals surface area contributed by atoms with E-state index < -0.39 is 5.97 Å². The third kappa shape index (κ3) is 4.93. The molecule has 8 nitrogen and oxygen atoms in total. The van der Waals surface area contributed by atoms with E-state index in [0.717, 1.165) is 22.2 Å². The molecule has 0 aliphatic heterocycles. The van der Waals surface area contributed by atoms with Gasteiger partial charge in [-0.05, 0) is 82.0 Å². The predicted molar refractivity (Wildman–Crippen MR) is 143 cm³/mol. The number of aromatic nitrogens is 3. The van der Waals surface area contributed by atoms with Crippen molar-refractivity contribution in [3.8, 4) is 11.4 Å². The molecule has 0 bridgehead atoms. The molecule has 0 radical (unpaired) electrons. The van der Waals surface area contributed by atoms with Crippen LogP contribution in [0, 0.1) is 0 Å². The van der Waals surface area contributed by atoms with Crippen LogP contribution < -0.4 is 10.1 Å². The van der Waals surface area contributed by atoms with Gasteiger partial charge >= 0.3 is 5.97 Å². The molecule has 1 heterocycles. The van der Waals surface area contributed by atoms with Crippen molar-refractivity contribution < 1.29 is 19.4 Å². The molecule has 4 aromatic rings. The van der Waals surface area contributed by atoms with Crippen molar-refractivity contribution in [2.45, 2.75) is 23.9 Å². The van der Waals surface area contributed by atoms with Crippen LogP contribution in [0.3, 0.4) is 0 Å². The molecule has 1 aliphatic rings. The van der Waals surface area contributed by atoms with Gasteiger partial charge in [0.15, 0.2) is 5.16 Å². The fourth-order valence-electron chi connectivity index (χ4n) is 4.02. The largest absolute Gasteiger partial charge is 0.497 e. The number of aromatic carboxylic acids is 1. The fraction of sp³-hybridized carbons (Fsp3) is 0.200. The van der Waals surface area contributed by atoms with Crippen LogP contribution in [0.4, 0.5) is 5.69 Å². The number of thioether (sulfide) groups is 1. The summed E-state index contributed by atoms with van der Waals surface area (Å²) in [7, 11) is 1.64. The van der Waals surface area contributed by atoms with Gasteiger partial charge in [-0.25, -0.2) is 4.79 Å². The average Bonchev–Trinajstić information content (AvgIpc) is 3.65. The molecule has 11 heteroatoms. The van der Waals surface area contributed by atoms with Gasteiger partial charge < -0.3 is 15.2 Å². The maximum Gasteiger partial charge on any atom is 0.335 e. The van der Waals surface area contributed by atoms with E-state index in [0.29, 0.717) is 21.5 Å². The summed E-state index contributed by atoms with van der Waals surface area (Å²) in [6.45, 7) is 0. The highest BCUT2D eigenvalue weighted by molar-refractivity contribution is 9.10. The van der Waals surface area contributed by atoms with E-state index in [-0.39, 0.29) is 22.2 Å². The summed E-state index contributed by atoms with van der Waals surface area (Å²) in [4.78, 5) is 23.7. The Bertz CT molecular complexity index is 1510. The van der Waals surface area contributed by atoms with Gasteiger partial charge in [0.25, 0.3) is 0 Å². The first-order valence-electron chi connectivity index (χ1n) is 11.0. The van der Waals surface area contributed by atoms with Crippen LogP contribution in [-0.2, 0) is 4.79 Å². The van der Waals surface area contributed by atoms with Crippen LogP contribution in [0.1, 0.15) is 34.7 Å². The Morgan fingerprint density at radius 2 is 1.97 bits per heavy atom. The van der Waals surface area contributed by atoms with Crippen LogP contribution in [0.2, 0.25) is 5.02 Å². The minimum Gasteiger partial charge on any atom is -0.497 e. The van der Waals surface area contributed by atoms with Crippen LogP contribution >= 0.6 is 39.3 Å². The Balaban J connectivity index is 1.41. The maximum atomic E-state index is 12.6. The van der Waals surface area contributed by atoms with Crippen molar-refractivity contribution in [1.82, 2.24) is 14.8 Å². The van der Waals surface area contributed by atoms with Gasteiger partial charge in [0.2, 0.25) is 10.6 Å². The topological polar surface area (TPSA) is 106 Å². The van der Waals surface area contributed by atoms with E-state index in [1.807, 2.05) is 16.7 Å². The number of carboxylic acids is 1. The lowest BCUT2D eigenvalue weighted by atomic mass is 9.99. The van der Waals surface area contributed by atoms with Gasteiger partial charge in [-0.2, -0.15) is 0 Å². The molecule has 3 aromatic carbocycles. The third-order valence-corrected chi connectivity index (χ3v) is 7.66. The van der Waals surface area contributed by atoms with Crippen molar-refractivity contribution >= 4 is 67.6 Å². The average molecular weight is 588 g/mol. The number of amides is 1. The second-order valence-corrected chi connectivity index (χ2v) is 10.3. The van der Waals surface area contributed by atoms with E-state index in [9.17, 15) is 9.59 Å². The van der Waals surface area contributed by atoms with Crippen molar-refractivity contribution in [2.75, 3.05) is 18.2 Å². The van der Waals surface area contributed by atoms with E-state index in [1.54, 1.807) is 7.11 Å². The fourth-order valence-corrected chi connectivity index (χ4v) is 5.55. The van der Waals surface area contributed by atoms with Crippen LogP contribution in [0.5, 0.6) is 5.75 Å². The quantitative estimate of drug-likeness (QED) is 0.238. The Morgan fingerprint density at radius 3 is 2.67 bits per heavy atom. The van der Waals surface area contributed by atoms with E-state index in [4.69, 9.17) is 21.4 Å². The summed E-state index contributed by atoms with van der Waals surface area (Å²) in [5, 5.41) is 23.1. The van der Waals surface area contributed by atoms with Crippen molar-refractivity contribution in [1.29, 1.82) is 0 Å². The molecular weight excluding hydrogens is 568 g/mol. The number of benzene rings is 3. The highest BCUT2D eigenvalue weighted by atomic mass is 79.9. The summed E-state index contributed by atoms with van der Waals surface area (Å²) >= 11 is 10.9. The zero-order valence-electron chi connectivity index (χ0n) is 19.0. The number of halogens is 2. The Labute approximate surface area is 224 Å². The molecule has 0 atom stereocenters. The number of anilines is 1. The molecule has 0 spiro atoms. The second kappa shape index (κ2) is 10.1. The molecule has 1 aromatic heterocycles. The van der Waals surface area contributed by atoms with E-state index in [1.165, 1.54) is 48.4 Å². The number of carbonyl (C=O) groups is 2. The Hall–Kier alpha value is -3.08. The third-order valence-electron chi connectivity index (χ3n) is 5.91. The lowest BCUT2D eigenvalue weighted by Crippen LogP contribution is -2.15. The number of hydrogen-bond acceptors (Lipinski definition) is 6. The van der Waals surface area contributed by atoms with Gasteiger partial charge in [0, 0.05) is 5.39 Å². The Kier molecular flexibility index (Phi) is 6.92. The van der Waals surface area contributed by atoms with E-state index in [2.05, 4.69) is 49.6 Å². The standard InChI is InChI=1S/C25H20BrClN4O4S/c1-35-15-5-6-17-16(13-2-3-13)7-9-21(18(17)11-15)31-24(26)29-30-25(31)36-12-22(32)28-20-8-4-14(23(33)34)10-19(20)27/h4-11,13H,2-3,12H2,1H3,(H,28,32)(H,33,34). The normalized spacial score (nSPS) is 13.1. The van der Waals surface area contributed by atoms with E-state index >= 15 is 0 Å². The number of nitrogens with zero attached hydrogens (tertiary/aromatic N) is 3. The number of ether oxygens (including phenoxy) is 1. The van der Waals surface area contributed by atoms with Crippen LogP contribution in [-0.4, -0.2) is 44.6 Å². The molecule has 1 fully saturated rings. The number of carbonyl (C=O) groups excluding carboxylic acids is 1. The van der Waals surface area contributed by atoms with Gasteiger partial charge in [0.1, 0.15) is 5.75 Å². The molecule has 2 N–H and O–H groups in total. The number of methoxy groups -OCH3 is 1. The molecule has 0 saturated heterocycles. The minimum atomic E-state index is -1.09. The smallest absolute Gasteiger partial charge is 0.335 e. The van der Waals surface area contributed by atoms with Crippen LogP contribution in [0.15, 0.2) is 58.4 Å². The molecule has 1 aliphatic carbocycles. The van der Waals surface area contributed by atoms with Crippen molar-refractivity contribution in [2.24, 2.45) is 0 Å². The van der Waals surface area contributed by atoms with Crippen LogP contribution in [0.25, 0.3) is 16.5 Å². The molecular formula is C25H20BrClN4O4S. The summed E-state index contributed by atoms with van der Waals surface area (Å²) in [6, 6.07) is 14.4. The Morgan fingerprint density at radius 1 is 1.17 bits per heavy atom. The SMILES string of the molecule is COc1ccc2c(C3CC3)ccc(-n3c(Br)nnc3SCC(=O)Nc3ccc(C(=O)O)cc3Cl)c2c1. The number of nitrogens with one attached hydrogen (secondary N) is 1. The van der Waals surface area contributed by atoms with Gasteiger partial charge in [-0.15, -0.1) is 10.2 Å². The molecule has 5 rings (SSSR count). The minimum absolute atomic E-state index is 0.0434. The lowest BCUT2D eigenvalue weighted by molar-refractivity contribution is -0.113. The number of rotatable bonds is 8. The lowest BCUT2D eigenvalue weighted by Gasteiger charge is -2.15. The molecule has 36 heavy (non-hydrogen) atoms. The molecule has 1 saturated carbocycles.